The SMILES string of the molecule is CN=C(NCc1ccccc1F)N1CCOC(c2cnn(C)c2)C1.I. The van der Waals surface area contributed by atoms with Crippen molar-refractivity contribution in [2.75, 3.05) is 26.7 Å². The van der Waals surface area contributed by atoms with E-state index < -0.39 is 0 Å². The van der Waals surface area contributed by atoms with E-state index in [1.807, 2.05) is 25.5 Å². The Balaban J connectivity index is 0.00000225. The zero-order chi connectivity index (χ0) is 16.9. The summed E-state index contributed by atoms with van der Waals surface area (Å²) in [6.07, 6.45) is 3.74. The standard InChI is InChI=1S/C17H22FN5O.HI/c1-19-17(20-9-13-5-3-4-6-15(13)18)23-7-8-24-16(12-23)14-10-21-22(2)11-14;/h3-6,10-11,16H,7-9,12H2,1-2H3,(H,19,20);1H. The number of guanidine groups is 1. The molecule has 1 aliphatic rings. The van der Waals surface area contributed by atoms with Crippen LogP contribution in [-0.4, -0.2) is 47.4 Å². The minimum atomic E-state index is -0.212. The lowest BCUT2D eigenvalue weighted by Crippen LogP contribution is -2.48. The molecule has 1 atom stereocenters. The smallest absolute Gasteiger partial charge is 0.194 e. The van der Waals surface area contributed by atoms with Gasteiger partial charge in [-0.05, 0) is 6.07 Å². The largest absolute Gasteiger partial charge is 0.370 e. The molecule has 2 aromatic rings. The van der Waals surface area contributed by atoms with Crippen molar-refractivity contribution in [2.24, 2.45) is 12.0 Å². The normalized spacial score (nSPS) is 18.0. The number of nitrogens with one attached hydrogen (secondary N) is 1. The van der Waals surface area contributed by atoms with Gasteiger partial charge in [0.15, 0.2) is 5.96 Å². The summed E-state index contributed by atoms with van der Waals surface area (Å²) in [5, 5.41) is 7.43. The fraction of sp³-hybridized carbons (Fsp3) is 0.412. The number of hydrogen-bond acceptors (Lipinski definition) is 3. The molecule has 1 saturated heterocycles. The van der Waals surface area contributed by atoms with Gasteiger partial charge in [-0.15, -0.1) is 24.0 Å². The summed E-state index contributed by atoms with van der Waals surface area (Å²) in [5.74, 6) is 0.533. The zero-order valence-electron chi connectivity index (χ0n) is 14.4. The van der Waals surface area contributed by atoms with Crippen molar-refractivity contribution < 1.29 is 9.13 Å². The fourth-order valence-electron chi connectivity index (χ4n) is 2.80. The number of halogens is 2. The summed E-state index contributed by atoms with van der Waals surface area (Å²) in [5.41, 5.74) is 1.67. The fourth-order valence-corrected chi connectivity index (χ4v) is 2.80. The van der Waals surface area contributed by atoms with E-state index in [4.69, 9.17) is 4.74 Å². The minimum absolute atomic E-state index is 0. The Labute approximate surface area is 164 Å². The third-order valence-corrected chi connectivity index (χ3v) is 4.07. The summed E-state index contributed by atoms with van der Waals surface area (Å²) in [4.78, 5) is 6.45. The number of hydrogen-bond donors (Lipinski definition) is 1. The van der Waals surface area contributed by atoms with E-state index in [-0.39, 0.29) is 35.9 Å². The number of aliphatic imine (C=N–C) groups is 1. The van der Waals surface area contributed by atoms with Crippen LogP contribution in [0.25, 0.3) is 0 Å². The second-order valence-electron chi connectivity index (χ2n) is 5.74. The van der Waals surface area contributed by atoms with E-state index in [2.05, 4.69) is 20.3 Å². The molecule has 1 aromatic heterocycles. The minimum Gasteiger partial charge on any atom is -0.370 e. The Bertz CT molecular complexity index is 721. The van der Waals surface area contributed by atoms with Gasteiger partial charge in [0.25, 0.3) is 0 Å². The highest BCUT2D eigenvalue weighted by molar-refractivity contribution is 14.0. The van der Waals surface area contributed by atoms with E-state index in [0.29, 0.717) is 25.3 Å². The van der Waals surface area contributed by atoms with Gasteiger partial charge in [0.05, 0.1) is 19.3 Å². The highest BCUT2D eigenvalue weighted by Crippen LogP contribution is 2.21. The first-order valence-corrected chi connectivity index (χ1v) is 7.96. The second kappa shape index (κ2) is 9.14. The van der Waals surface area contributed by atoms with Gasteiger partial charge in [-0.25, -0.2) is 4.39 Å². The van der Waals surface area contributed by atoms with Crippen molar-refractivity contribution in [2.45, 2.75) is 12.6 Å². The van der Waals surface area contributed by atoms with E-state index in [1.165, 1.54) is 6.07 Å². The van der Waals surface area contributed by atoms with Crippen LogP contribution in [-0.2, 0) is 18.3 Å². The number of ether oxygens (including phenoxy) is 1. The maximum absolute atomic E-state index is 13.7. The molecule has 25 heavy (non-hydrogen) atoms. The van der Waals surface area contributed by atoms with Gasteiger partial charge in [0.1, 0.15) is 11.9 Å². The monoisotopic (exact) mass is 459 g/mol. The lowest BCUT2D eigenvalue weighted by molar-refractivity contribution is -0.00805. The summed E-state index contributed by atoms with van der Waals surface area (Å²) >= 11 is 0. The van der Waals surface area contributed by atoms with Crippen LogP contribution < -0.4 is 5.32 Å². The number of aromatic nitrogens is 2. The Morgan fingerprint density at radius 2 is 2.24 bits per heavy atom. The lowest BCUT2D eigenvalue weighted by atomic mass is 10.1. The van der Waals surface area contributed by atoms with E-state index in [9.17, 15) is 4.39 Å². The van der Waals surface area contributed by atoms with Gasteiger partial charge < -0.3 is 15.0 Å². The van der Waals surface area contributed by atoms with Crippen molar-refractivity contribution in [1.29, 1.82) is 0 Å². The van der Waals surface area contributed by atoms with E-state index in [0.717, 1.165) is 18.1 Å². The summed E-state index contributed by atoms with van der Waals surface area (Å²) in [6, 6.07) is 6.75. The number of nitrogens with zero attached hydrogens (tertiary/aromatic N) is 4. The Kier molecular flexibility index (Phi) is 7.18. The number of aryl methyl sites for hydroxylation is 1. The molecule has 0 amide bonds. The van der Waals surface area contributed by atoms with Crippen molar-refractivity contribution >= 4 is 29.9 Å². The number of benzene rings is 1. The molecule has 0 bridgehead atoms. The van der Waals surface area contributed by atoms with Crippen molar-refractivity contribution in [3.63, 3.8) is 0 Å². The van der Waals surface area contributed by atoms with Crippen LogP contribution in [0.4, 0.5) is 4.39 Å². The average molecular weight is 459 g/mol. The van der Waals surface area contributed by atoms with Crippen LogP contribution in [0.3, 0.4) is 0 Å². The highest BCUT2D eigenvalue weighted by Gasteiger charge is 2.25. The van der Waals surface area contributed by atoms with Gasteiger partial charge >= 0.3 is 0 Å². The molecule has 1 aliphatic heterocycles. The lowest BCUT2D eigenvalue weighted by Gasteiger charge is -2.34. The molecule has 0 spiro atoms. The van der Waals surface area contributed by atoms with Crippen LogP contribution in [0, 0.1) is 5.82 Å². The van der Waals surface area contributed by atoms with Crippen LogP contribution in [0.2, 0.25) is 0 Å². The van der Waals surface area contributed by atoms with Gasteiger partial charge in [0.2, 0.25) is 0 Å². The Hall–Kier alpha value is -1.68. The van der Waals surface area contributed by atoms with Crippen LogP contribution in [0.5, 0.6) is 0 Å². The molecule has 0 radical (unpaired) electrons. The van der Waals surface area contributed by atoms with E-state index >= 15 is 0 Å². The summed E-state index contributed by atoms with van der Waals surface area (Å²) in [6.45, 7) is 2.44. The summed E-state index contributed by atoms with van der Waals surface area (Å²) in [7, 11) is 3.62. The predicted molar refractivity (Wildman–Crippen MR) is 105 cm³/mol. The van der Waals surface area contributed by atoms with Crippen molar-refractivity contribution in [1.82, 2.24) is 20.0 Å². The molecule has 8 heteroatoms. The first-order chi connectivity index (χ1) is 11.7. The molecule has 1 N–H and O–H groups in total. The van der Waals surface area contributed by atoms with Crippen LogP contribution in [0.15, 0.2) is 41.7 Å². The maximum Gasteiger partial charge on any atom is 0.194 e. The molecule has 3 rings (SSSR count). The molecule has 1 fully saturated rings. The third kappa shape index (κ3) is 4.91. The van der Waals surface area contributed by atoms with Gasteiger partial charge in [0, 0.05) is 44.5 Å². The number of morpholine rings is 1. The predicted octanol–water partition coefficient (Wildman–Crippen LogP) is 2.33. The second-order valence-corrected chi connectivity index (χ2v) is 5.74. The molecule has 1 unspecified atom stereocenters. The maximum atomic E-state index is 13.7. The molecular formula is C17H23FIN5O. The summed E-state index contributed by atoms with van der Waals surface area (Å²) < 4.78 is 21.4. The Morgan fingerprint density at radius 3 is 2.92 bits per heavy atom. The Morgan fingerprint density at radius 1 is 1.44 bits per heavy atom. The molecular weight excluding hydrogens is 436 g/mol. The van der Waals surface area contributed by atoms with Gasteiger partial charge in [-0.1, -0.05) is 18.2 Å². The first kappa shape index (κ1) is 19.6. The molecule has 136 valence electrons. The van der Waals surface area contributed by atoms with Crippen molar-refractivity contribution in [3.8, 4) is 0 Å². The molecule has 2 heterocycles. The van der Waals surface area contributed by atoms with Crippen molar-refractivity contribution in [3.05, 3.63) is 53.6 Å². The third-order valence-electron chi connectivity index (χ3n) is 4.07. The highest BCUT2D eigenvalue weighted by atomic mass is 127. The molecule has 1 aromatic carbocycles. The quantitative estimate of drug-likeness (QED) is 0.435. The molecule has 6 nitrogen and oxygen atoms in total. The van der Waals surface area contributed by atoms with Crippen LogP contribution >= 0.6 is 24.0 Å². The average Bonchev–Trinajstić information content (AvgIpc) is 3.04. The zero-order valence-corrected chi connectivity index (χ0v) is 16.7. The van der Waals surface area contributed by atoms with Gasteiger partial charge in [-0.3, -0.25) is 9.67 Å². The topological polar surface area (TPSA) is 54.7 Å². The first-order valence-electron chi connectivity index (χ1n) is 7.96. The molecule has 0 aliphatic carbocycles. The van der Waals surface area contributed by atoms with Gasteiger partial charge in [-0.2, -0.15) is 5.10 Å². The number of rotatable bonds is 3. The van der Waals surface area contributed by atoms with Crippen LogP contribution in [0.1, 0.15) is 17.2 Å². The molecule has 0 saturated carbocycles. The van der Waals surface area contributed by atoms with E-state index in [1.54, 1.807) is 23.9 Å².